The molecule has 3 aromatic rings. The molecule has 1 fully saturated rings. The number of carbonyl (C=O) groups excluding carboxylic acids is 1. The van der Waals surface area contributed by atoms with Crippen molar-refractivity contribution in [1.29, 1.82) is 0 Å². The number of nitrogens with zero attached hydrogens (tertiary/aromatic N) is 3. The molecule has 0 bridgehead atoms. The smallest absolute Gasteiger partial charge is 0.268 e. The van der Waals surface area contributed by atoms with Gasteiger partial charge in [0.2, 0.25) is 0 Å². The maximum atomic E-state index is 12.7. The summed E-state index contributed by atoms with van der Waals surface area (Å²) in [5.41, 5.74) is 8.46. The second kappa shape index (κ2) is 5.79. The number of hydrogen-bond donors (Lipinski definition) is 3. The quantitative estimate of drug-likeness (QED) is 0.662. The Morgan fingerprint density at radius 1 is 1.17 bits per heavy atom. The Balaban J connectivity index is 1.57. The standard InChI is InChI=1S/C16H16N6O/c23-16(13-5-3-6-14-18-8-9-22(13)14)20-12-10-19-21-15(12)11-4-1-2-7-17-11/h1-9,12,15,19,21H,10H2,(H,20,23). The second-order valence-corrected chi connectivity index (χ2v) is 5.40. The average Bonchev–Trinajstić information content (AvgIpc) is 3.24. The normalized spacial score (nSPS) is 20.7. The summed E-state index contributed by atoms with van der Waals surface area (Å²) in [6, 6.07) is 11.1. The first-order valence-electron chi connectivity index (χ1n) is 7.45. The number of imidazole rings is 1. The molecule has 1 aliphatic rings. The van der Waals surface area contributed by atoms with Gasteiger partial charge in [0.25, 0.3) is 5.91 Å². The molecule has 7 heteroatoms. The lowest BCUT2D eigenvalue weighted by Gasteiger charge is -2.19. The van der Waals surface area contributed by atoms with E-state index in [1.807, 2.05) is 30.3 Å². The number of hydrogen-bond acceptors (Lipinski definition) is 5. The van der Waals surface area contributed by atoms with Crippen LogP contribution in [-0.4, -0.2) is 32.9 Å². The molecule has 23 heavy (non-hydrogen) atoms. The van der Waals surface area contributed by atoms with Gasteiger partial charge >= 0.3 is 0 Å². The average molecular weight is 308 g/mol. The van der Waals surface area contributed by atoms with E-state index in [0.29, 0.717) is 12.2 Å². The van der Waals surface area contributed by atoms with Crippen molar-refractivity contribution >= 4 is 11.6 Å². The topological polar surface area (TPSA) is 83.4 Å². The molecule has 4 heterocycles. The van der Waals surface area contributed by atoms with E-state index in [1.54, 1.807) is 29.1 Å². The number of hydrazine groups is 1. The van der Waals surface area contributed by atoms with Crippen LogP contribution < -0.4 is 16.2 Å². The molecule has 7 nitrogen and oxygen atoms in total. The number of rotatable bonds is 3. The number of carbonyl (C=O) groups is 1. The molecule has 116 valence electrons. The molecule has 1 amide bonds. The van der Waals surface area contributed by atoms with Crippen molar-refractivity contribution in [2.75, 3.05) is 6.54 Å². The van der Waals surface area contributed by atoms with E-state index in [9.17, 15) is 4.79 Å². The van der Waals surface area contributed by atoms with Gasteiger partial charge in [-0.2, -0.15) is 0 Å². The number of fused-ring (bicyclic) bond motifs is 1. The summed E-state index contributed by atoms with van der Waals surface area (Å²) in [6.07, 6.45) is 5.22. The van der Waals surface area contributed by atoms with Crippen LogP contribution in [0.3, 0.4) is 0 Å². The molecule has 3 aromatic heterocycles. The van der Waals surface area contributed by atoms with Crippen LogP contribution in [0.5, 0.6) is 0 Å². The van der Waals surface area contributed by atoms with Crippen LogP contribution in [-0.2, 0) is 0 Å². The summed E-state index contributed by atoms with van der Waals surface area (Å²) in [4.78, 5) is 21.2. The van der Waals surface area contributed by atoms with E-state index in [0.717, 1.165) is 11.3 Å². The van der Waals surface area contributed by atoms with E-state index in [2.05, 4.69) is 26.1 Å². The van der Waals surface area contributed by atoms with Crippen LogP contribution in [0, 0.1) is 0 Å². The summed E-state index contributed by atoms with van der Waals surface area (Å²) in [5, 5.41) is 3.07. The van der Waals surface area contributed by atoms with Gasteiger partial charge in [-0.3, -0.25) is 19.6 Å². The first-order chi connectivity index (χ1) is 11.3. The fourth-order valence-electron chi connectivity index (χ4n) is 2.85. The molecule has 1 saturated heterocycles. The summed E-state index contributed by atoms with van der Waals surface area (Å²) < 4.78 is 1.78. The Bertz CT molecular complexity index is 831. The molecule has 4 rings (SSSR count). The molecule has 3 N–H and O–H groups in total. The molecule has 0 radical (unpaired) electrons. The highest BCUT2D eigenvalue weighted by Gasteiger charge is 2.30. The van der Waals surface area contributed by atoms with Gasteiger partial charge in [-0.25, -0.2) is 10.4 Å². The van der Waals surface area contributed by atoms with E-state index < -0.39 is 0 Å². The fourth-order valence-corrected chi connectivity index (χ4v) is 2.85. The molecule has 2 atom stereocenters. The van der Waals surface area contributed by atoms with Gasteiger partial charge in [0.1, 0.15) is 11.3 Å². The van der Waals surface area contributed by atoms with Crippen molar-refractivity contribution in [2.45, 2.75) is 12.1 Å². The maximum absolute atomic E-state index is 12.7. The Hall–Kier alpha value is -2.77. The highest BCUT2D eigenvalue weighted by Crippen LogP contribution is 2.17. The largest absolute Gasteiger partial charge is 0.345 e. The summed E-state index contributed by atoms with van der Waals surface area (Å²) >= 11 is 0. The van der Waals surface area contributed by atoms with E-state index in [-0.39, 0.29) is 18.0 Å². The third kappa shape index (κ3) is 2.56. The van der Waals surface area contributed by atoms with Crippen LogP contribution in [0.1, 0.15) is 22.2 Å². The predicted octanol–water partition coefficient (Wildman–Crippen LogP) is 0.677. The number of amides is 1. The summed E-state index contributed by atoms with van der Waals surface area (Å²) in [5.74, 6) is -0.134. The molecular formula is C16H16N6O. The zero-order valence-electron chi connectivity index (χ0n) is 12.3. The van der Waals surface area contributed by atoms with Gasteiger partial charge in [-0.15, -0.1) is 0 Å². The van der Waals surface area contributed by atoms with Crippen LogP contribution in [0.4, 0.5) is 0 Å². The van der Waals surface area contributed by atoms with Crippen molar-refractivity contribution in [1.82, 2.24) is 30.5 Å². The Morgan fingerprint density at radius 3 is 3.00 bits per heavy atom. The van der Waals surface area contributed by atoms with Gasteiger partial charge < -0.3 is 5.32 Å². The molecule has 1 aliphatic heterocycles. The highest BCUT2D eigenvalue weighted by molar-refractivity contribution is 5.93. The minimum atomic E-state index is -0.134. The van der Waals surface area contributed by atoms with Crippen molar-refractivity contribution in [3.05, 3.63) is 66.4 Å². The highest BCUT2D eigenvalue weighted by atomic mass is 16.2. The molecular weight excluding hydrogens is 292 g/mol. The van der Waals surface area contributed by atoms with E-state index in [4.69, 9.17) is 0 Å². The monoisotopic (exact) mass is 308 g/mol. The minimum absolute atomic E-state index is 0.0675. The van der Waals surface area contributed by atoms with Crippen molar-refractivity contribution in [3.8, 4) is 0 Å². The van der Waals surface area contributed by atoms with Crippen molar-refractivity contribution < 1.29 is 4.79 Å². The lowest BCUT2D eigenvalue weighted by molar-refractivity contribution is 0.0929. The molecule has 0 aliphatic carbocycles. The Labute approximate surface area is 132 Å². The Kier molecular flexibility index (Phi) is 3.49. The van der Waals surface area contributed by atoms with Gasteiger partial charge in [0.05, 0.1) is 17.8 Å². The molecule has 0 saturated carbocycles. The van der Waals surface area contributed by atoms with Crippen LogP contribution >= 0.6 is 0 Å². The minimum Gasteiger partial charge on any atom is -0.345 e. The predicted molar refractivity (Wildman–Crippen MR) is 84.6 cm³/mol. The van der Waals surface area contributed by atoms with Gasteiger partial charge in [-0.1, -0.05) is 12.1 Å². The SMILES string of the molecule is O=C(NC1CNNC1c1ccccn1)c1cccc2nccn12. The first kappa shape index (κ1) is 13.9. The van der Waals surface area contributed by atoms with Crippen LogP contribution in [0.25, 0.3) is 5.65 Å². The third-order valence-corrected chi connectivity index (χ3v) is 3.97. The summed E-state index contributed by atoms with van der Waals surface area (Å²) in [7, 11) is 0. The number of pyridine rings is 2. The zero-order chi connectivity index (χ0) is 15.6. The van der Waals surface area contributed by atoms with Crippen LogP contribution in [0.2, 0.25) is 0 Å². The maximum Gasteiger partial charge on any atom is 0.268 e. The molecule has 2 unspecified atom stereocenters. The molecule has 0 aromatic carbocycles. The number of nitrogens with one attached hydrogen (secondary N) is 3. The summed E-state index contributed by atoms with van der Waals surface area (Å²) in [6.45, 7) is 0.632. The lowest BCUT2D eigenvalue weighted by atomic mass is 10.1. The van der Waals surface area contributed by atoms with E-state index >= 15 is 0 Å². The number of aromatic nitrogens is 3. The lowest BCUT2D eigenvalue weighted by Crippen LogP contribution is -2.41. The molecule has 0 spiro atoms. The van der Waals surface area contributed by atoms with E-state index in [1.165, 1.54) is 0 Å². The second-order valence-electron chi connectivity index (χ2n) is 5.40. The van der Waals surface area contributed by atoms with Gasteiger partial charge in [0, 0.05) is 25.1 Å². The third-order valence-electron chi connectivity index (χ3n) is 3.97. The Morgan fingerprint density at radius 2 is 2.13 bits per heavy atom. The van der Waals surface area contributed by atoms with Gasteiger partial charge in [-0.05, 0) is 24.3 Å². The van der Waals surface area contributed by atoms with Crippen LogP contribution in [0.15, 0.2) is 55.0 Å². The fraction of sp³-hybridized carbons (Fsp3) is 0.188. The van der Waals surface area contributed by atoms with Gasteiger partial charge in [0.15, 0.2) is 0 Å². The zero-order valence-corrected chi connectivity index (χ0v) is 12.3. The first-order valence-corrected chi connectivity index (χ1v) is 7.45. The van der Waals surface area contributed by atoms with Crippen molar-refractivity contribution in [3.63, 3.8) is 0 Å². The van der Waals surface area contributed by atoms with Crippen molar-refractivity contribution in [2.24, 2.45) is 0 Å².